The number of benzene rings is 1. The molecule has 1 heterocycles. The van der Waals surface area contributed by atoms with E-state index < -0.39 is 11.9 Å². The zero-order valence-electron chi connectivity index (χ0n) is 12.0. The molecule has 6 nitrogen and oxygen atoms in total. The predicted octanol–water partition coefficient (Wildman–Crippen LogP) is 1.77. The average Bonchev–Trinajstić information content (AvgIpc) is 2.87. The summed E-state index contributed by atoms with van der Waals surface area (Å²) >= 11 is 0. The number of aliphatic carboxylic acids is 1. The number of amides is 2. The molecular formula is C15H17N3O3. The largest absolute Gasteiger partial charge is 0.481 e. The molecule has 1 N–H and O–H groups in total. The van der Waals surface area contributed by atoms with E-state index in [0.29, 0.717) is 17.8 Å². The summed E-state index contributed by atoms with van der Waals surface area (Å²) in [5.41, 5.74) is 0.937. The van der Waals surface area contributed by atoms with Gasteiger partial charge in [-0.15, -0.1) is 0 Å². The highest BCUT2D eigenvalue weighted by Crippen LogP contribution is 2.26. The van der Waals surface area contributed by atoms with Gasteiger partial charge in [-0.2, -0.15) is 5.26 Å². The van der Waals surface area contributed by atoms with Crippen LogP contribution in [0.1, 0.15) is 12.5 Å². The SMILES string of the molecule is CC1CN(C(=O)N(C)c2ccccc2C#N)CC1C(=O)O. The van der Waals surface area contributed by atoms with E-state index in [0.717, 1.165) is 0 Å². The van der Waals surface area contributed by atoms with E-state index in [-0.39, 0.29) is 18.5 Å². The van der Waals surface area contributed by atoms with Crippen molar-refractivity contribution in [2.45, 2.75) is 6.92 Å². The number of para-hydroxylation sites is 1. The first kappa shape index (κ1) is 14.9. The minimum atomic E-state index is -0.877. The molecular weight excluding hydrogens is 270 g/mol. The minimum Gasteiger partial charge on any atom is -0.481 e. The Labute approximate surface area is 123 Å². The quantitative estimate of drug-likeness (QED) is 0.898. The zero-order chi connectivity index (χ0) is 15.6. The summed E-state index contributed by atoms with van der Waals surface area (Å²) in [6, 6.07) is 8.60. The minimum absolute atomic E-state index is 0.0777. The summed E-state index contributed by atoms with van der Waals surface area (Å²) in [6.07, 6.45) is 0. The number of likely N-dealkylation sites (tertiary alicyclic amines) is 1. The van der Waals surface area contributed by atoms with Crippen LogP contribution in [0, 0.1) is 23.2 Å². The van der Waals surface area contributed by atoms with Crippen LogP contribution in [0.2, 0.25) is 0 Å². The Bertz CT molecular complexity index is 608. The van der Waals surface area contributed by atoms with Crippen molar-refractivity contribution in [1.82, 2.24) is 4.90 Å². The summed E-state index contributed by atoms with van der Waals surface area (Å²) < 4.78 is 0. The first-order valence-corrected chi connectivity index (χ1v) is 6.70. The number of urea groups is 1. The standard InChI is InChI=1S/C15H17N3O3/c1-10-8-18(9-12(10)14(19)20)15(21)17(2)13-6-4-3-5-11(13)7-16/h3-6,10,12H,8-9H2,1-2H3,(H,19,20). The number of carboxylic acids is 1. The second kappa shape index (κ2) is 5.83. The lowest BCUT2D eigenvalue weighted by molar-refractivity contribution is -0.142. The molecule has 2 rings (SSSR count). The van der Waals surface area contributed by atoms with Gasteiger partial charge in [0.15, 0.2) is 0 Å². The molecule has 6 heteroatoms. The molecule has 1 aliphatic rings. The van der Waals surface area contributed by atoms with Crippen LogP contribution < -0.4 is 4.90 Å². The third-order valence-corrected chi connectivity index (χ3v) is 3.87. The van der Waals surface area contributed by atoms with Crippen molar-refractivity contribution in [2.24, 2.45) is 11.8 Å². The van der Waals surface area contributed by atoms with Crippen molar-refractivity contribution in [3.05, 3.63) is 29.8 Å². The Morgan fingerprint density at radius 2 is 2.05 bits per heavy atom. The van der Waals surface area contributed by atoms with E-state index in [9.17, 15) is 9.59 Å². The predicted molar refractivity (Wildman–Crippen MR) is 76.8 cm³/mol. The van der Waals surface area contributed by atoms with Gasteiger partial charge in [-0.25, -0.2) is 4.79 Å². The van der Waals surface area contributed by atoms with Crippen molar-refractivity contribution >= 4 is 17.7 Å². The van der Waals surface area contributed by atoms with Crippen molar-refractivity contribution in [2.75, 3.05) is 25.0 Å². The van der Waals surface area contributed by atoms with E-state index in [4.69, 9.17) is 10.4 Å². The molecule has 0 saturated carbocycles. The maximum atomic E-state index is 12.5. The average molecular weight is 287 g/mol. The third kappa shape index (κ3) is 2.82. The number of nitriles is 1. The molecule has 2 unspecified atom stereocenters. The van der Waals surface area contributed by atoms with Crippen LogP contribution in [-0.2, 0) is 4.79 Å². The molecule has 0 radical (unpaired) electrons. The fraction of sp³-hybridized carbons (Fsp3) is 0.400. The molecule has 110 valence electrons. The fourth-order valence-corrected chi connectivity index (χ4v) is 2.62. The van der Waals surface area contributed by atoms with Gasteiger partial charge in [-0.05, 0) is 18.1 Å². The van der Waals surface area contributed by atoms with Crippen LogP contribution in [0.5, 0.6) is 0 Å². The Balaban J connectivity index is 2.18. The Morgan fingerprint density at radius 3 is 2.62 bits per heavy atom. The number of carboxylic acid groups (broad SMARTS) is 1. The lowest BCUT2D eigenvalue weighted by Crippen LogP contribution is -2.40. The van der Waals surface area contributed by atoms with Crippen LogP contribution in [0.25, 0.3) is 0 Å². The zero-order valence-corrected chi connectivity index (χ0v) is 12.0. The summed E-state index contributed by atoms with van der Waals surface area (Å²) in [5.74, 6) is -1.49. The van der Waals surface area contributed by atoms with Crippen molar-refractivity contribution in [1.29, 1.82) is 5.26 Å². The van der Waals surface area contributed by atoms with Crippen LogP contribution >= 0.6 is 0 Å². The van der Waals surface area contributed by atoms with Gasteiger partial charge >= 0.3 is 12.0 Å². The number of rotatable bonds is 2. The first-order chi connectivity index (χ1) is 9.95. The second-order valence-electron chi connectivity index (χ2n) is 5.30. The van der Waals surface area contributed by atoms with Gasteiger partial charge < -0.3 is 10.0 Å². The van der Waals surface area contributed by atoms with E-state index in [2.05, 4.69) is 6.07 Å². The third-order valence-electron chi connectivity index (χ3n) is 3.87. The molecule has 1 aromatic carbocycles. The topological polar surface area (TPSA) is 84.6 Å². The molecule has 2 amide bonds. The number of hydrogen-bond donors (Lipinski definition) is 1. The summed E-state index contributed by atoms with van der Waals surface area (Å²) in [7, 11) is 1.59. The number of anilines is 1. The van der Waals surface area contributed by atoms with Crippen LogP contribution in [0.3, 0.4) is 0 Å². The monoisotopic (exact) mass is 287 g/mol. The van der Waals surface area contributed by atoms with Crippen molar-refractivity contribution in [3.8, 4) is 6.07 Å². The second-order valence-corrected chi connectivity index (χ2v) is 5.30. The Hall–Kier alpha value is -2.55. The molecule has 0 bridgehead atoms. The molecule has 0 spiro atoms. The molecule has 0 aromatic heterocycles. The molecule has 1 fully saturated rings. The maximum Gasteiger partial charge on any atom is 0.324 e. The smallest absolute Gasteiger partial charge is 0.324 e. The highest BCUT2D eigenvalue weighted by Gasteiger charge is 2.38. The lowest BCUT2D eigenvalue weighted by atomic mass is 9.99. The molecule has 21 heavy (non-hydrogen) atoms. The number of carbonyl (C=O) groups excluding carboxylic acids is 1. The Kier molecular flexibility index (Phi) is 4.13. The van der Waals surface area contributed by atoms with Crippen LogP contribution in [-0.4, -0.2) is 42.1 Å². The fourth-order valence-electron chi connectivity index (χ4n) is 2.62. The molecule has 1 aliphatic heterocycles. The normalized spacial score (nSPS) is 20.9. The Morgan fingerprint density at radius 1 is 1.38 bits per heavy atom. The van der Waals surface area contributed by atoms with Crippen molar-refractivity contribution < 1.29 is 14.7 Å². The molecule has 0 aliphatic carbocycles. The van der Waals surface area contributed by atoms with Gasteiger partial charge in [-0.1, -0.05) is 19.1 Å². The van der Waals surface area contributed by atoms with E-state index in [1.807, 2.05) is 6.92 Å². The number of nitrogens with zero attached hydrogens (tertiary/aromatic N) is 3. The lowest BCUT2D eigenvalue weighted by Gasteiger charge is -2.25. The van der Waals surface area contributed by atoms with Crippen LogP contribution in [0.4, 0.5) is 10.5 Å². The summed E-state index contributed by atoms with van der Waals surface area (Å²) in [6.45, 7) is 2.44. The molecule has 2 atom stereocenters. The van der Waals surface area contributed by atoms with Gasteiger partial charge in [0.2, 0.25) is 0 Å². The summed E-state index contributed by atoms with van der Waals surface area (Å²) in [4.78, 5) is 26.5. The van der Waals surface area contributed by atoms with Gasteiger partial charge in [-0.3, -0.25) is 9.69 Å². The highest BCUT2D eigenvalue weighted by atomic mass is 16.4. The molecule has 1 saturated heterocycles. The molecule has 1 aromatic rings. The number of carbonyl (C=O) groups is 2. The van der Waals surface area contributed by atoms with E-state index in [1.165, 1.54) is 9.80 Å². The first-order valence-electron chi connectivity index (χ1n) is 6.70. The van der Waals surface area contributed by atoms with Gasteiger partial charge in [0.25, 0.3) is 0 Å². The van der Waals surface area contributed by atoms with Gasteiger partial charge in [0.1, 0.15) is 6.07 Å². The van der Waals surface area contributed by atoms with Gasteiger partial charge in [0.05, 0.1) is 17.2 Å². The van der Waals surface area contributed by atoms with Crippen molar-refractivity contribution in [3.63, 3.8) is 0 Å². The highest BCUT2D eigenvalue weighted by molar-refractivity contribution is 5.93. The van der Waals surface area contributed by atoms with Gasteiger partial charge in [0, 0.05) is 20.1 Å². The summed E-state index contributed by atoms with van der Waals surface area (Å²) in [5, 5.41) is 18.2. The van der Waals surface area contributed by atoms with E-state index >= 15 is 0 Å². The van der Waals surface area contributed by atoms with E-state index in [1.54, 1.807) is 31.3 Å². The van der Waals surface area contributed by atoms with Crippen LogP contribution in [0.15, 0.2) is 24.3 Å². The number of hydrogen-bond acceptors (Lipinski definition) is 3. The maximum absolute atomic E-state index is 12.5.